The highest BCUT2D eigenvalue weighted by Gasteiger charge is 2.25. The zero-order valence-corrected chi connectivity index (χ0v) is 10.6. The standard InChI is InChI=1S/C12H18O2Si/c1-15(2,3)14-12-9-8-10-6-4-5-7-11(10)13-12/h4-7,12H,8-9H2,1-3H3. The number of benzene rings is 1. The minimum atomic E-state index is -1.49. The summed E-state index contributed by atoms with van der Waals surface area (Å²) in [6.07, 6.45) is 2.00. The molecule has 82 valence electrons. The molecule has 0 aromatic heterocycles. The largest absolute Gasteiger partial charge is 0.466 e. The van der Waals surface area contributed by atoms with Gasteiger partial charge in [0.05, 0.1) is 0 Å². The Balaban J connectivity index is 2.06. The minimum Gasteiger partial charge on any atom is -0.466 e. The number of fused-ring (bicyclic) bond motifs is 1. The molecule has 1 atom stereocenters. The summed E-state index contributed by atoms with van der Waals surface area (Å²) in [6, 6.07) is 8.22. The maximum atomic E-state index is 5.95. The highest BCUT2D eigenvalue weighted by Crippen LogP contribution is 2.28. The summed E-state index contributed by atoms with van der Waals surface area (Å²) >= 11 is 0. The molecule has 0 saturated carbocycles. The summed E-state index contributed by atoms with van der Waals surface area (Å²) in [6.45, 7) is 6.57. The van der Waals surface area contributed by atoms with Crippen LogP contribution < -0.4 is 4.74 Å². The Kier molecular flexibility index (Phi) is 2.84. The first-order valence-electron chi connectivity index (χ1n) is 5.47. The maximum Gasteiger partial charge on any atom is 0.191 e. The van der Waals surface area contributed by atoms with Crippen LogP contribution >= 0.6 is 0 Å². The van der Waals surface area contributed by atoms with Gasteiger partial charge in [0.15, 0.2) is 14.6 Å². The number of ether oxygens (including phenoxy) is 1. The molecule has 0 bridgehead atoms. The molecule has 1 aliphatic rings. The highest BCUT2D eigenvalue weighted by atomic mass is 28.4. The first-order valence-corrected chi connectivity index (χ1v) is 8.88. The van der Waals surface area contributed by atoms with Crippen LogP contribution in [0.4, 0.5) is 0 Å². The molecule has 0 spiro atoms. The van der Waals surface area contributed by atoms with Crippen molar-refractivity contribution in [2.45, 2.75) is 38.8 Å². The van der Waals surface area contributed by atoms with Gasteiger partial charge in [-0.3, -0.25) is 0 Å². The zero-order chi connectivity index (χ0) is 10.9. The van der Waals surface area contributed by atoms with Crippen LogP contribution in [0.2, 0.25) is 19.6 Å². The third-order valence-electron chi connectivity index (χ3n) is 2.37. The van der Waals surface area contributed by atoms with Crippen molar-refractivity contribution in [2.75, 3.05) is 0 Å². The molecule has 0 radical (unpaired) electrons. The molecule has 15 heavy (non-hydrogen) atoms. The lowest BCUT2D eigenvalue weighted by molar-refractivity contribution is -0.0161. The van der Waals surface area contributed by atoms with E-state index < -0.39 is 8.32 Å². The summed E-state index contributed by atoms with van der Waals surface area (Å²) in [5.41, 5.74) is 1.30. The number of para-hydroxylation sites is 1. The Morgan fingerprint density at radius 2 is 2.00 bits per heavy atom. The van der Waals surface area contributed by atoms with E-state index in [2.05, 4.69) is 31.8 Å². The summed E-state index contributed by atoms with van der Waals surface area (Å²) in [7, 11) is -1.49. The molecule has 3 heteroatoms. The van der Waals surface area contributed by atoms with Crippen LogP contribution in [0.1, 0.15) is 12.0 Å². The van der Waals surface area contributed by atoms with E-state index in [1.807, 2.05) is 12.1 Å². The smallest absolute Gasteiger partial charge is 0.191 e. The third-order valence-corrected chi connectivity index (χ3v) is 3.34. The van der Waals surface area contributed by atoms with Gasteiger partial charge in [-0.1, -0.05) is 18.2 Å². The fourth-order valence-corrected chi connectivity index (χ4v) is 2.73. The normalized spacial score (nSPS) is 20.6. The summed E-state index contributed by atoms with van der Waals surface area (Å²) < 4.78 is 11.8. The summed E-state index contributed by atoms with van der Waals surface area (Å²) in [5.74, 6) is 0.993. The Labute approximate surface area is 92.3 Å². The van der Waals surface area contributed by atoms with Crippen molar-refractivity contribution in [3.63, 3.8) is 0 Å². The molecule has 0 N–H and O–H groups in total. The predicted molar refractivity (Wildman–Crippen MR) is 63.6 cm³/mol. The van der Waals surface area contributed by atoms with Crippen molar-refractivity contribution in [3.8, 4) is 5.75 Å². The number of rotatable bonds is 2. The van der Waals surface area contributed by atoms with E-state index in [-0.39, 0.29) is 6.29 Å². The van der Waals surface area contributed by atoms with Crippen molar-refractivity contribution >= 4 is 8.32 Å². The lowest BCUT2D eigenvalue weighted by atomic mass is 10.1. The summed E-state index contributed by atoms with van der Waals surface area (Å²) in [5, 5.41) is 0. The molecule has 1 unspecified atom stereocenters. The predicted octanol–water partition coefficient (Wildman–Crippen LogP) is 3.19. The average molecular weight is 222 g/mol. The average Bonchev–Trinajstić information content (AvgIpc) is 2.15. The van der Waals surface area contributed by atoms with Gasteiger partial charge in [-0.05, 0) is 37.7 Å². The van der Waals surface area contributed by atoms with Crippen LogP contribution in [-0.4, -0.2) is 14.6 Å². The topological polar surface area (TPSA) is 18.5 Å². The van der Waals surface area contributed by atoms with E-state index in [9.17, 15) is 0 Å². The molecule has 2 rings (SSSR count). The van der Waals surface area contributed by atoms with Gasteiger partial charge in [0, 0.05) is 6.42 Å². The van der Waals surface area contributed by atoms with Crippen LogP contribution in [0, 0.1) is 0 Å². The van der Waals surface area contributed by atoms with E-state index >= 15 is 0 Å². The first kappa shape index (κ1) is 10.7. The molecule has 0 aliphatic carbocycles. The molecule has 1 aromatic carbocycles. The molecule has 2 nitrogen and oxygen atoms in total. The molecule has 0 amide bonds. The van der Waals surface area contributed by atoms with E-state index in [4.69, 9.17) is 9.16 Å². The fourth-order valence-electron chi connectivity index (χ4n) is 1.78. The van der Waals surface area contributed by atoms with Gasteiger partial charge in [0.1, 0.15) is 5.75 Å². The van der Waals surface area contributed by atoms with E-state index in [1.165, 1.54) is 5.56 Å². The monoisotopic (exact) mass is 222 g/mol. The number of aryl methyl sites for hydroxylation is 1. The third kappa shape index (κ3) is 2.83. The first-order chi connectivity index (χ1) is 7.04. The molecular weight excluding hydrogens is 204 g/mol. The summed E-state index contributed by atoms with van der Waals surface area (Å²) in [4.78, 5) is 0. The molecule has 1 aromatic rings. The molecule has 0 fully saturated rings. The second-order valence-corrected chi connectivity index (χ2v) is 9.38. The second kappa shape index (κ2) is 3.98. The lowest BCUT2D eigenvalue weighted by Gasteiger charge is -2.30. The van der Waals surface area contributed by atoms with Gasteiger partial charge in [-0.2, -0.15) is 0 Å². The quantitative estimate of drug-likeness (QED) is 0.715. The number of hydrogen-bond acceptors (Lipinski definition) is 2. The van der Waals surface area contributed by atoms with Gasteiger partial charge in [-0.25, -0.2) is 0 Å². The van der Waals surface area contributed by atoms with Crippen LogP contribution in [0.15, 0.2) is 24.3 Å². The lowest BCUT2D eigenvalue weighted by Crippen LogP contribution is -2.37. The molecule has 1 aliphatic heterocycles. The van der Waals surface area contributed by atoms with Crippen LogP contribution in [0.3, 0.4) is 0 Å². The van der Waals surface area contributed by atoms with Crippen molar-refractivity contribution in [1.82, 2.24) is 0 Å². The number of hydrogen-bond donors (Lipinski definition) is 0. The van der Waals surface area contributed by atoms with Crippen LogP contribution in [-0.2, 0) is 10.8 Å². The van der Waals surface area contributed by atoms with Crippen molar-refractivity contribution in [1.29, 1.82) is 0 Å². The van der Waals surface area contributed by atoms with E-state index in [0.717, 1.165) is 18.6 Å². The van der Waals surface area contributed by atoms with Crippen molar-refractivity contribution in [3.05, 3.63) is 29.8 Å². The Bertz CT molecular complexity index is 344. The van der Waals surface area contributed by atoms with Crippen LogP contribution in [0.5, 0.6) is 5.75 Å². The fraction of sp³-hybridized carbons (Fsp3) is 0.500. The molecule has 0 saturated heterocycles. The van der Waals surface area contributed by atoms with E-state index in [1.54, 1.807) is 0 Å². The van der Waals surface area contributed by atoms with Crippen molar-refractivity contribution < 1.29 is 9.16 Å². The van der Waals surface area contributed by atoms with E-state index in [0.29, 0.717) is 0 Å². The van der Waals surface area contributed by atoms with Crippen molar-refractivity contribution in [2.24, 2.45) is 0 Å². The van der Waals surface area contributed by atoms with Gasteiger partial charge in [0.2, 0.25) is 0 Å². The van der Waals surface area contributed by atoms with Gasteiger partial charge in [-0.15, -0.1) is 0 Å². The van der Waals surface area contributed by atoms with Gasteiger partial charge in [0.25, 0.3) is 0 Å². The molecular formula is C12H18O2Si. The highest BCUT2D eigenvalue weighted by molar-refractivity contribution is 6.69. The van der Waals surface area contributed by atoms with Gasteiger partial charge < -0.3 is 9.16 Å². The Morgan fingerprint density at radius 1 is 1.27 bits per heavy atom. The molecule has 1 heterocycles. The Morgan fingerprint density at radius 3 is 2.73 bits per heavy atom. The van der Waals surface area contributed by atoms with Crippen LogP contribution in [0.25, 0.3) is 0 Å². The zero-order valence-electron chi connectivity index (χ0n) is 9.62. The minimum absolute atomic E-state index is 0.0356. The van der Waals surface area contributed by atoms with Gasteiger partial charge >= 0.3 is 0 Å². The Hall–Kier alpha value is -0.803. The SMILES string of the molecule is C[Si](C)(C)OC1CCc2ccccc2O1. The maximum absolute atomic E-state index is 5.95. The second-order valence-electron chi connectivity index (χ2n) is 4.92.